The van der Waals surface area contributed by atoms with Gasteiger partial charge in [0.1, 0.15) is 6.10 Å². The van der Waals surface area contributed by atoms with Gasteiger partial charge in [-0.2, -0.15) is 0 Å². The van der Waals surface area contributed by atoms with Crippen LogP contribution in [0.2, 0.25) is 0 Å². The molecule has 0 spiro atoms. The fourth-order valence-corrected chi connectivity index (χ4v) is 1.19. The van der Waals surface area contributed by atoms with Gasteiger partial charge in [-0.3, -0.25) is 0 Å². The van der Waals surface area contributed by atoms with Crippen molar-refractivity contribution in [3.8, 4) is 0 Å². The maximum absolute atomic E-state index is 5.31. The van der Waals surface area contributed by atoms with Gasteiger partial charge in [-0.15, -0.1) is 0 Å². The predicted molar refractivity (Wildman–Crippen MR) is 28.7 cm³/mol. The molecular weight excluding hydrogens is 104 g/mol. The zero-order chi connectivity index (χ0) is 5.56. The van der Waals surface area contributed by atoms with Gasteiger partial charge in [-0.1, -0.05) is 0 Å². The highest BCUT2D eigenvalue weighted by molar-refractivity contribution is 4.89. The van der Waals surface area contributed by atoms with E-state index in [1.165, 1.54) is 0 Å². The Hall–Kier alpha value is -0.0800. The van der Waals surface area contributed by atoms with E-state index < -0.39 is 0 Å². The van der Waals surface area contributed by atoms with E-state index in [-0.39, 0.29) is 0 Å². The standard InChI is InChI=1S/C6H10O2/c1-4-2-5-6(8-5)3-7-4/h4-6H,2-3H2,1H3/t4-,5+,6-/m0/s1. The molecule has 0 N–H and O–H groups in total. The Bertz CT molecular complexity index is 103. The topological polar surface area (TPSA) is 21.8 Å². The quantitative estimate of drug-likeness (QED) is 0.429. The first kappa shape index (κ1) is 4.77. The summed E-state index contributed by atoms with van der Waals surface area (Å²) in [5.74, 6) is 0. The largest absolute Gasteiger partial charge is 0.376 e. The number of rotatable bonds is 0. The van der Waals surface area contributed by atoms with Crippen molar-refractivity contribution in [3.05, 3.63) is 0 Å². The van der Waals surface area contributed by atoms with E-state index in [1.54, 1.807) is 0 Å². The predicted octanol–water partition coefficient (Wildman–Crippen LogP) is 0.563. The molecule has 2 aliphatic rings. The summed E-state index contributed by atoms with van der Waals surface area (Å²) in [4.78, 5) is 0. The molecule has 0 radical (unpaired) electrons. The van der Waals surface area contributed by atoms with Crippen molar-refractivity contribution in [3.63, 3.8) is 0 Å². The van der Waals surface area contributed by atoms with E-state index in [4.69, 9.17) is 9.47 Å². The summed E-state index contributed by atoms with van der Waals surface area (Å²) in [5.41, 5.74) is 0. The van der Waals surface area contributed by atoms with Crippen LogP contribution in [0, 0.1) is 0 Å². The molecule has 46 valence electrons. The molecular formula is C6H10O2. The molecule has 0 aromatic heterocycles. The molecule has 2 aliphatic heterocycles. The third-order valence-electron chi connectivity index (χ3n) is 1.80. The number of fused-ring (bicyclic) bond motifs is 1. The van der Waals surface area contributed by atoms with E-state index in [0.29, 0.717) is 18.3 Å². The lowest BCUT2D eigenvalue weighted by Gasteiger charge is -2.13. The number of hydrogen-bond donors (Lipinski definition) is 0. The maximum Gasteiger partial charge on any atom is 0.108 e. The van der Waals surface area contributed by atoms with Crippen molar-refractivity contribution in [1.82, 2.24) is 0 Å². The highest BCUT2D eigenvalue weighted by Gasteiger charge is 2.43. The van der Waals surface area contributed by atoms with Crippen LogP contribution in [0.15, 0.2) is 0 Å². The van der Waals surface area contributed by atoms with Crippen molar-refractivity contribution < 1.29 is 9.47 Å². The fourth-order valence-electron chi connectivity index (χ4n) is 1.19. The van der Waals surface area contributed by atoms with Gasteiger partial charge >= 0.3 is 0 Å². The monoisotopic (exact) mass is 114 g/mol. The lowest BCUT2D eigenvalue weighted by Crippen LogP contribution is -2.21. The fraction of sp³-hybridized carbons (Fsp3) is 1.00. The summed E-state index contributed by atoms with van der Waals surface area (Å²) >= 11 is 0. The summed E-state index contributed by atoms with van der Waals surface area (Å²) < 4.78 is 10.5. The van der Waals surface area contributed by atoms with Gasteiger partial charge < -0.3 is 9.47 Å². The van der Waals surface area contributed by atoms with Crippen LogP contribution in [0.4, 0.5) is 0 Å². The van der Waals surface area contributed by atoms with Crippen LogP contribution in [-0.2, 0) is 9.47 Å². The minimum absolute atomic E-state index is 0.429. The maximum atomic E-state index is 5.31. The molecule has 0 saturated carbocycles. The first-order valence-electron chi connectivity index (χ1n) is 3.13. The minimum atomic E-state index is 0.429. The lowest BCUT2D eigenvalue weighted by molar-refractivity contribution is 0.0425. The van der Waals surface area contributed by atoms with E-state index in [2.05, 4.69) is 6.92 Å². The average molecular weight is 114 g/mol. The normalized spacial score (nSPS) is 52.9. The molecule has 0 amide bonds. The third kappa shape index (κ3) is 0.644. The SMILES string of the molecule is C[C@H]1C[C@H]2O[C@H]2CO1. The highest BCUT2D eigenvalue weighted by Crippen LogP contribution is 2.31. The summed E-state index contributed by atoms with van der Waals surface area (Å²) in [6.45, 7) is 2.92. The molecule has 8 heavy (non-hydrogen) atoms. The molecule has 0 aromatic rings. The Kier molecular flexibility index (Phi) is 0.866. The Morgan fingerprint density at radius 3 is 2.88 bits per heavy atom. The van der Waals surface area contributed by atoms with Gasteiger partial charge in [0.2, 0.25) is 0 Å². The molecule has 0 aromatic carbocycles. The van der Waals surface area contributed by atoms with Crippen LogP contribution in [0.25, 0.3) is 0 Å². The summed E-state index contributed by atoms with van der Waals surface area (Å²) in [7, 11) is 0. The molecule has 2 rings (SSSR count). The van der Waals surface area contributed by atoms with Crippen molar-refractivity contribution in [2.45, 2.75) is 31.7 Å². The van der Waals surface area contributed by atoms with E-state index in [0.717, 1.165) is 13.0 Å². The molecule has 0 bridgehead atoms. The molecule has 0 aliphatic carbocycles. The van der Waals surface area contributed by atoms with E-state index >= 15 is 0 Å². The molecule has 2 heteroatoms. The smallest absolute Gasteiger partial charge is 0.108 e. The number of epoxide rings is 1. The first-order valence-corrected chi connectivity index (χ1v) is 3.13. The van der Waals surface area contributed by atoms with Crippen LogP contribution < -0.4 is 0 Å². The molecule has 3 atom stereocenters. The second kappa shape index (κ2) is 1.45. The average Bonchev–Trinajstić information content (AvgIpc) is 2.43. The Morgan fingerprint density at radius 1 is 1.38 bits per heavy atom. The van der Waals surface area contributed by atoms with E-state index in [9.17, 15) is 0 Å². The second-order valence-corrected chi connectivity index (χ2v) is 2.59. The second-order valence-electron chi connectivity index (χ2n) is 2.59. The van der Waals surface area contributed by atoms with Crippen molar-refractivity contribution in [2.75, 3.05) is 6.61 Å². The van der Waals surface area contributed by atoms with Crippen LogP contribution in [0.3, 0.4) is 0 Å². The van der Waals surface area contributed by atoms with Gasteiger partial charge in [0, 0.05) is 6.42 Å². The van der Waals surface area contributed by atoms with Crippen LogP contribution >= 0.6 is 0 Å². The van der Waals surface area contributed by atoms with Gasteiger partial charge in [0.25, 0.3) is 0 Å². The van der Waals surface area contributed by atoms with Crippen molar-refractivity contribution >= 4 is 0 Å². The number of ether oxygens (including phenoxy) is 2. The molecule has 2 saturated heterocycles. The van der Waals surface area contributed by atoms with Crippen LogP contribution in [0.5, 0.6) is 0 Å². The van der Waals surface area contributed by atoms with Crippen molar-refractivity contribution in [2.24, 2.45) is 0 Å². The third-order valence-corrected chi connectivity index (χ3v) is 1.80. The zero-order valence-electron chi connectivity index (χ0n) is 4.96. The van der Waals surface area contributed by atoms with E-state index in [1.807, 2.05) is 0 Å². The first-order chi connectivity index (χ1) is 3.86. The van der Waals surface area contributed by atoms with Gasteiger partial charge in [-0.25, -0.2) is 0 Å². The van der Waals surface area contributed by atoms with Crippen molar-refractivity contribution in [1.29, 1.82) is 0 Å². The van der Waals surface area contributed by atoms with Gasteiger partial charge in [0.15, 0.2) is 0 Å². The Morgan fingerprint density at radius 2 is 2.25 bits per heavy atom. The minimum Gasteiger partial charge on any atom is -0.376 e. The lowest BCUT2D eigenvalue weighted by atomic mass is 10.1. The Balaban J connectivity index is 1.93. The molecule has 2 heterocycles. The summed E-state index contributed by atoms with van der Waals surface area (Å²) in [6, 6.07) is 0. The molecule has 2 fully saturated rings. The van der Waals surface area contributed by atoms with Crippen LogP contribution in [-0.4, -0.2) is 24.9 Å². The summed E-state index contributed by atoms with van der Waals surface area (Å²) in [5, 5.41) is 0. The summed E-state index contributed by atoms with van der Waals surface area (Å²) in [6.07, 6.45) is 2.55. The number of hydrogen-bond acceptors (Lipinski definition) is 2. The Labute approximate surface area is 48.8 Å². The van der Waals surface area contributed by atoms with Gasteiger partial charge in [-0.05, 0) is 6.92 Å². The highest BCUT2D eigenvalue weighted by atomic mass is 16.6. The van der Waals surface area contributed by atoms with Crippen LogP contribution in [0.1, 0.15) is 13.3 Å². The molecule has 0 unspecified atom stereocenters. The molecule has 2 nitrogen and oxygen atoms in total. The van der Waals surface area contributed by atoms with Gasteiger partial charge in [0.05, 0.1) is 18.8 Å². The zero-order valence-corrected chi connectivity index (χ0v) is 4.96.